The first-order valence-corrected chi connectivity index (χ1v) is 7.76. The maximum atomic E-state index is 10.8. The molecule has 0 saturated carbocycles. The van der Waals surface area contributed by atoms with Crippen LogP contribution in [0.2, 0.25) is 0 Å². The molecule has 2 atom stereocenters. The standard InChI is InChI=1S/C19H22O2/c1-2-6-14-7-5-9-16(13-14)18(20)19-17-10-4-3-8-15(17)11-12-21-19/h3-5,7-10,13,18-20H,2,6,11-12H2,1H3. The van der Waals surface area contributed by atoms with Crippen LogP contribution in [-0.4, -0.2) is 11.7 Å². The Kier molecular flexibility index (Phi) is 4.37. The summed E-state index contributed by atoms with van der Waals surface area (Å²) >= 11 is 0. The smallest absolute Gasteiger partial charge is 0.113 e. The van der Waals surface area contributed by atoms with Gasteiger partial charge in [-0.25, -0.2) is 0 Å². The number of aliphatic hydroxyl groups excluding tert-OH is 1. The molecule has 0 aromatic heterocycles. The highest BCUT2D eigenvalue weighted by Gasteiger charge is 2.28. The summed E-state index contributed by atoms with van der Waals surface area (Å²) in [6.07, 6.45) is 2.22. The van der Waals surface area contributed by atoms with Crippen molar-refractivity contribution in [3.05, 3.63) is 70.8 Å². The third kappa shape index (κ3) is 3.02. The van der Waals surface area contributed by atoms with E-state index in [9.17, 15) is 5.11 Å². The fourth-order valence-corrected chi connectivity index (χ4v) is 3.08. The summed E-state index contributed by atoms with van der Waals surface area (Å²) < 4.78 is 5.87. The van der Waals surface area contributed by atoms with E-state index in [0.29, 0.717) is 6.61 Å². The molecule has 0 spiro atoms. The van der Waals surface area contributed by atoms with Crippen LogP contribution in [0.1, 0.15) is 47.8 Å². The Morgan fingerprint density at radius 2 is 2.05 bits per heavy atom. The van der Waals surface area contributed by atoms with Crippen LogP contribution in [0.5, 0.6) is 0 Å². The average Bonchev–Trinajstić information content (AvgIpc) is 2.54. The van der Waals surface area contributed by atoms with E-state index in [2.05, 4.69) is 37.3 Å². The Morgan fingerprint density at radius 1 is 1.19 bits per heavy atom. The molecule has 1 N–H and O–H groups in total. The van der Waals surface area contributed by atoms with E-state index in [0.717, 1.165) is 30.4 Å². The third-order valence-electron chi connectivity index (χ3n) is 4.15. The van der Waals surface area contributed by atoms with E-state index in [1.807, 2.05) is 18.2 Å². The fourth-order valence-electron chi connectivity index (χ4n) is 3.08. The van der Waals surface area contributed by atoms with Gasteiger partial charge in [0.1, 0.15) is 12.2 Å². The van der Waals surface area contributed by atoms with Crippen molar-refractivity contribution in [1.82, 2.24) is 0 Å². The predicted molar refractivity (Wildman–Crippen MR) is 84.2 cm³/mol. The molecule has 2 nitrogen and oxygen atoms in total. The van der Waals surface area contributed by atoms with Crippen molar-refractivity contribution in [1.29, 1.82) is 0 Å². The van der Waals surface area contributed by atoms with Gasteiger partial charge in [0.05, 0.1) is 6.61 Å². The summed E-state index contributed by atoms with van der Waals surface area (Å²) in [6.45, 7) is 2.84. The van der Waals surface area contributed by atoms with Crippen LogP contribution in [0.4, 0.5) is 0 Å². The minimum absolute atomic E-state index is 0.258. The summed E-state index contributed by atoms with van der Waals surface area (Å²) in [6, 6.07) is 16.5. The predicted octanol–water partition coefficient (Wildman–Crippen LogP) is 3.99. The average molecular weight is 282 g/mol. The summed E-state index contributed by atoms with van der Waals surface area (Å²) in [5, 5.41) is 10.8. The van der Waals surface area contributed by atoms with Gasteiger partial charge in [-0.05, 0) is 35.1 Å². The van der Waals surface area contributed by atoms with Crippen LogP contribution in [0.15, 0.2) is 48.5 Å². The quantitative estimate of drug-likeness (QED) is 0.919. The Labute approximate surface area is 126 Å². The molecule has 110 valence electrons. The first-order chi connectivity index (χ1) is 10.3. The van der Waals surface area contributed by atoms with Crippen molar-refractivity contribution in [2.24, 2.45) is 0 Å². The van der Waals surface area contributed by atoms with E-state index in [1.165, 1.54) is 11.1 Å². The molecule has 2 aromatic rings. The molecule has 3 rings (SSSR count). The Balaban J connectivity index is 1.89. The van der Waals surface area contributed by atoms with Gasteiger partial charge in [0.15, 0.2) is 0 Å². The molecule has 0 aliphatic carbocycles. The van der Waals surface area contributed by atoms with E-state index in [4.69, 9.17) is 4.74 Å². The largest absolute Gasteiger partial charge is 0.385 e. The van der Waals surface area contributed by atoms with Crippen molar-refractivity contribution < 1.29 is 9.84 Å². The normalized spacial score (nSPS) is 19.0. The van der Waals surface area contributed by atoms with Crippen molar-refractivity contribution in [2.45, 2.75) is 38.4 Å². The van der Waals surface area contributed by atoms with Gasteiger partial charge in [0.2, 0.25) is 0 Å². The zero-order chi connectivity index (χ0) is 14.7. The molecule has 0 radical (unpaired) electrons. The molecule has 0 amide bonds. The molecule has 0 bridgehead atoms. The number of hydrogen-bond donors (Lipinski definition) is 1. The highest BCUT2D eigenvalue weighted by molar-refractivity contribution is 5.34. The molecule has 2 aromatic carbocycles. The van der Waals surface area contributed by atoms with Crippen LogP contribution in [-0.2, 0) is 17.6 Å². The van der Waals surface area contributed by atoms with Gasteiger partial charge in [0.25, 0.3) is 0 Å². The topological polar surface area (TPSA) is 29.5 Å². The molecule has 1 heterocycles. The van der Waals surface area contributed by atoms with Crippen LogP contribution < -0.4 is 0 Å². The van der Waals surface area contributed by atoms with E-state index >= 15 is 0 Å². The third-order valence-corrected chi connectivity index (χ3v) is 4.15. The zero-order valence-corrected chi connectivity index (χ0v) is 12.5. The van der Waals surface area contributed by atoms with Crippen LogP contribution in [0.25, 0.3) is 0 Å². The first-order valence-electron chi connectivity index (χ1n) is 7.76. The van der Waals surface area contributed by atoms with Gasteiger partial charge in [-0.2, -0.15) is 0 Å². The van der Waals surface area contributed by atoms with Gasteiger partial charge < -0.3 is 9.84 Å². The Morgan fingerprint density at radius 3 is 2.90 bits per heavy atom. The zero-order valence-electron chi connectivity index (χ0n) is 12.5. The lowest BCUT2D eigenvalue weighted by Crippen LogP contribution is -2.22. The van der Waals surface area contributed by atoms with Crippen molar-refractivity contribution in [3.8, 4) is 0 Å². The molecule has 0 fully saturated rings. The molecule has 1 aliphatic heterocycles. The minimum atomic E-state index is -0.608. The van der Waals surface area contributed by atoms with Gasteiger partial charge in [0, 0.05) is 0 Å². The molecular weight excluding hydrogens is 260 g/mol. The van der Waals surface area contributed by atoms with Crippen molar-refractivity contribution >= 4 is 0 Å². The van der Waals surface area contributed by atoms with Gasteiger partial charge in [-0.1, -0.05) is 61.9 Å². The first kappa shape index (κ1) is 14.3. The number of rotatable bonds is 4. The number of benzene rings is 2. The SMILES string of the molecule is CCCc1cccc(C(O)C2OCCc3ccccc32)c1. The number of hydrogen-bond acceptors (Lipinski definition) is 2. The number of aryl methyl sites for hydroxylation is 1. The highest BCUT2D eigenvalue weighted by Crippen LogP contribution is 2.37. The summed E-state index contributed by atoms with van der Waals surface area (Å²) in [4.78, 5) is 0. The number of ether oxygens (including phenoxy) is 1. The van der Waals surface area contributed by atoms with Crippen LogP contribution in [0.3, 0.4) is 0 Å². The summed E-state index contributed by atoms with van der Waals surface area (Å²) in [5.41, 5.74) is 4.63. The monoisotopic (exact) mass is 282 g/mol. The molecule has 2 heteroatoms. The second-order valence-corrected chi connectivity index (χ2v) is 5.68. The van der Waals surface area contributed by atoms with Gasteiger partial charge in [-0.15, -0.1) is 0 Å². The highest BCUT2D eigenvalue weighted by atomic mass is 16.5. The Hall–Kier alpha value is -1.64. The lowest BCUT2D eigenvalue weighted by atomic mass is 9.91. The molecular formula is C19H22O2. The van der Waals surface area contributed by atoms with Crippen LogP contribution in [0, 0.1) is 0 Å². The van der Waals surface area contributed by atoms with Crippen LogP contribution >= 0.6 is 0 Å². The second kappa shape index (κ2) is 6.42. The molecule has 2 unspecified atom stereocenters. The van der Waals surface area contributed by atoms with Gasteiger partial charge in [-0.3, -0.25) is 0 Å². The summed E-state index contributed by atoms with van der Waals surface area (Å²) in [7, 11) is 0. The number of fused-ring (bicyclic) bond motifs is 1. The van der Waals surface area contributed by atoms with E-state index in [1.54, 1.807) is 0 Å². The molecule has 21 heavy (non-hydrogen) atoms. The second-order valence-electron chi connectivity index (χ2n) is 5.68. The molecule has 1 aliphatic rings. The fraction of sp³-hybridized carbons (Fsp3) is 0.368. The lowest BCUT2D eigenvalue weighted by Gasteiger charge is -2.30. The summed E-state index contributed by atoms with van der Waals surface area (Å²) in [5.74, 6) is 0. The maximum absolute atomic E-state index is 10.8. The van der Waals surface area contributed by atoms with Crippen molar-refractivity contribution in [3.63, 3.8) is 0 Å². The van der Waals surface area contributed by atoms with E-state index < -0.39 is 6.10 Å². The number of aliphatic hydroxyl groups is 1. The van der Waals surface area contributed by atoms with E-state index in [-0.39, 0.29) is 6.10 Å². The molecule has 0 saturated heterocycles. The van der Waals surface area contributed by atoms with Crippen molar-refractivity contribution in [2.75, 3.05) is 6.61 Å². The van der Waals surface area contributed by atoms with Gasteiger partial charge >= 0.3 is 0 Å². The maximum Gasteiger partial charge on any atom is 0.113 e. The Bertz CT molecular complexity index is 606. The lowest BCUT2D eigenvalue weighted by molar-refractivity contribution is -0.0483. The minimum Gasteiger partial charge on any atom is -0.385 e.